The van der Waals surface area contributed by atoms with Crippen LogP contribution in [0.1, 0.15) is 39.0 Å². The SMILES string of the molecule is CCC(CN)CC(=O)NCC1CCN(C2CC2)C1. The third kappa shape index (κ3) is 3.95. The monoisotopic (exact) mass is 253 g/mol. The summed E-state index contributed by atoms with van der Waals surface area (Å²) < 4.78 is 0. The maximum Gasteiger partial charge on any atom is 0.220 e. The third-order valence-electron chi connectivity index (χ3n) is 4.35. The van der Waals surface area contributed by atoms with Gasteiger partial charge in [0.05, 0.1) is 0 Å². The van der Waals surface area contributed by atoms with Crippen LogP contribution in [0.4, 0.5) is 0 Å². The molecule has 1 saturated heterocycles. The molecule has 1 aliphatic carbocycles. The minimum Gasteiger partial charge on any atom is -0.356 e. The van der Waals surface area contributed by atoms with Crippen molar-refractivity contribution < 1.29 is 4.79 Å². The largest absolute Gasteiger partial charge is 0.356 e. The van der Waals surface area contributed by atoms with E-state index in [1.165, 1.54) is 32.4 Å². The molecule has 0 aromatic carbocycles. The molecule has 2 fully saturated rings. The van der Waals surface area contributed by atoms with Crippen molar-refractivity contribution in [2.75, 3.05) is 26.2 Å². The smallest absolute Gasteiger partial charge is 0.220 e. The average molecular weight is 253 g/mol. The van der Waals surface area contributed by atoms with Crippen LogP contribution < -0.4 is 11.1 Å². The van der Waals surface area contributed by atoms with Crippen LogP contribution in [0, 0.1) is 11.8 Å². The van der Waals surface area contributed by atoms with Gasteiger partial charge >= 0.3 is 0 Å². The van der Waals surface area contributed by atoms with E-state index in [1.807, 2.05) is 0 Å². The van der Waals surface area contributed by atoms with Crippen LogP contribution >= 0.6 is 0 Å². The number of nitrogens with two attached hydrogens (primary N) is 1. The number of carbonyl (C=O) groups is 1. The van der Waals surface area contributed by atoms with E-state index in [1.54, 1.807) is 0 Å². The number of carbonyl (C=O) groups excluding carboxylic acids is 1. The van der Waals surface area contributed by atoms with Gasteiger partial charge in [-0.15, -0.1) is 0 Å². The van der Waals surface area contributed by atoms with Crippen LogP contribution in [0.5, 0.6) is 0 Å². The van der Waals surface area contributed by atoms with E-state index in [0.717, 1.165) is 19.0 Å². The number of rotatable bonds is 7. The average Bonchev–Trinajstić information content (AvgIpc) is 3.13. The van der Waals surface area contributed by atoms with Crippen molar-refractivity contribution in [2.24, 2.45) is 17.6 Å². The molecule has 0 bridgehead atoms. The summed E-state index contributed by atoms with van der Waals surface area (Å²) in [7, 11) is 0. The molecule has 4 nitrogen and oxygen atoms in total. The van der Waals surface area contributed by atoms with Crippen LogP contribution in [0.2, 0.25) is 0 Å². The lowest BCUT2D eigenvalue weighted by Crippen LogP contribution is -2.33. The first-order valence-electron chi connectivity index (χ1n) is 7.43. The summed E-state index contributed by atoms with van der Waals surface area (Å²) >= 11 is 0. The number of nitrogens with zero attached hydrogens (tertiary/aromatic N) is 1. The summed E-state index contributed by atoms with van der Waals surface area (Å²) in [6, 6.07) is 0.868. The first kappa shape index (κ1) is 13.8. The summed E-state index contributed by atoms with van der Waals surface area (Å²) in [5, 5.41) is 3.08. The molecule has 2 atom stereocenters. The molecule has 2 rings (SSSR count). The molecule has 2 aliphatic rings. The predicted octanol–water partition coefficient (Wildman–Crippen LogP) is 0.962. The van der Waals surface area contributed by atoms with Crippen LogP contribution in [0.25, 0.3) is 0 Å². The minimum atomic E-state index is 0.178. The lowest BCUT2D eigenvalue weighted by Gasteiger charge is -2.16. The van der Waals surface area contributed by atoms with Gasteiger partial charge in [0.2, 0.25) is 5.91 Å². The van der Waals surface area contributed by atoms with Gasteiger partial charge in [0.25, 0.3) is 0 Å². The van der Waals surface area contributed by atoms with Crippen molar-refractivity contribution in [3.63, 3.8) is 0 Å². The molecule has 1 heterocycles. The first-order chi connectivity index (χ1) is 8.72. The number of likely N-dealkylation sites (tertiary alicyclic amines) is 1. The molecule has 18 heavy (non-hydrogen) atoms. The van der Waals surface area contributed by atoms with E-state index in [9.17, 15) is 4.79 Å². The Balaban J connectivity index is 1.61. The van der Waals surface area contributed by atoms with Crippen molar-refractivity contribution in [3.05, 3.63) is 0 Å². The molecule has 0 aromatic rings. The molecular formula is C14H27N3O. The zero-order chi connectivity index (χ0) is 13.0. The Morgan fingerprint density at radius 2 is 2.22 bits per heavy atom. The zero-order valence-electron chi connectivity index (χ0n) is 11.5. The highest BCUT2D eigenvalue weighted by atomic mass is 16.1. The van der Waals surface area contributed by atoms with E-state index in [4.69, 9.17) is 5.73 Å². The maximum atomic E-state index is 11.8. The number of nitrogens with one attached hydrogen (secondary N) is 1. The standard InChI is InChI=1S/C14H27N3O/c1-2-11(8-15)7-14(18)16-9-12-5-6-17(10-12)13-3-4-13/h11-13H,2-10,15H2,1H3,(H,16,18). The Labute approximate surface area is 110 Å². The van der Waals surface area contributed by atoms with Crippen LogP contribution in [-0.4, -0.2) is 43.0 Å². The fourth-order valence-electron chi connectivity index (χ4n) is 2.79. The van der Waals surface area contributed by atoms with E-state index in [0.29, 0.717) is 24.8 Å². The molecule has 3 N–H and O–H groups in total. The summed E-state index contributed by atoms with van der Waals surface area (Å²) in [4.78, 5) is 14.4. The molecule has 4 heteroatoms. The van der Waals surface area contributed by atoms with Crippen molar-refractivity contribution >= 4 is 5.91 Å². The summed E-state index contributed by atoms with van der Waals surface area (Å²) in [5.41, 5.74) is 5.62. The minimum absolute atomic E-state index is 0.178. The maximum absolute atomic E-state index is 11.8. The van der Waals surface area contributed by atoms with Crippen molar-refractivity contribution in [2.45, 2.75) is 45.1 Å². The molecule has 0 spiro atoms. The highest BCUT2D eigenvalue weighted by Gasteiger charge is 2.34. The second kappa shape index (κ2) is 6.53. The molecule has 1 saturated carbocycles. The lowest BCUT2D eigenvalue weighted by atomic mass is 10.0. The van der Waals surface area contributed by atoms with E-state index in [-0.39, 0.29) is 5.91 Å². The van der Waals surface area contributed by atoms with Crippen molar-refractivity contribution in [1.82, 2.24) is 10.2 Å². The van der Waals surface area contributed by atoms with Gasteiger partial charge in [-0.05, 0) is 44.2 Å². The van der Waals surface area contributed by atoms with Gasteiger partial charge in [-0.25, -0.2) is 0 Å². The third-order valence-corrected chi connectivity index (χ3v) is 4.35. The Bertz CT molecular complexity index is 274. The van der Waals surface area contributed by atoms with Gasteiger partial charge in [0.1, 0.15) is 0 Å². The van der Waals surface area contributed by atoms with Crippen molar-refractivity contribution in [3.8, 4) is 0 Å². The van der Waals surface area contributed by atoms with Gasteiger partial charge in [0.15, 0.2) is 0 Å². The predicted molar refractivity (Wildman–Crippen MR) is 73.2 cm³/mol. The molecule has 0 aromatic heterocycles. The summed E-state index contributed by atoms with van der Waals surface area (Å²) in [6.45, 7) is 5.96. The highest BCUT2D eigenvalue weighted by molar-refractivity contribution is 5.76. The molecular weight excluding hydrogens is 226 g/mol. The highest BCUT2D eigenvalue weighted by Crippen LogP contribution is 2.31. The topological polar surface area (TPSA) is 58.4 Å². The number of amides is 1. The molecule has 2 unspecified atom stereocenters. The quantitative estimate of drug-likeness (QED) is 0.710. The van der Waals surface area contributed by atoms with E-state index in [2.05, 4.69) is 17.1 Å². The van der Waals surface area contributed by atoms with Crippen LogP contribution in [0.3, 0.4) is 0 Å². The van der Waals surface area contributed by atoms with Crippen LogP contribution in [-0.2, 0) is 4.79 Å². The lowest BCUT2D eigenvalue weighted by molar-refractivity contribution is -0.122. The molecule has 1 aliphatic heterocycles. The Kier molecular flexibility index (Phi) is 5.01. The second-order valence-corrected chi connectivity index (χ2v) is 5.90. The van der Waals surface area contributed by atoms with E-state index >= 15 is 0 Å². The normalized spacial score (nSPS) is 26.2. The second-order valence-electron chi connectivity index (χ2n) is 5.90. The Morgan fingerprint density at radius 3 is 2.83 bits per heavy atom. The first-order valence-corrected chi connectivity index (χ1v) is 7.43. The molecule has 0 radical (unpaired) electrons. The van der Waals surface area contributed by atoms with Gasteiger partial charge in [-0.1, -0.05) is 13.3 Å². The summed E-state index contributed by atoms with van der Waals surface area (Å²) in [5.74, 6) is 1.18. The number of hydrogen-bond donors (Lipinski definition) is 2. The Hall–Kier alpha value is -0.610. The Morgan fingerprint density at radius 1 is 1.44 bits per heavy atom. The van der Waals surface area contributed by atoms with Crippen LogP contribution in [0.15, 0.2) is 0 Å². The van der Waals surface area contributed by atoms with Gasteiger partial charge in [-0.3, -0.25) is 4.79 Å². The van der Waals surface area contributed by atoms with Gasteiger partial charge in [0, 0.05) is 25.6 Å². The molecule has 1 amide bonds. The molecule has 104 valence electrons. The fraction of sp³-hybridized carbons (Fsp3) is 0.929. The zero-order valence-corrected chi connectivity index (χ0v) is 11.5. The van der Waals surface area contributed by atoms with Gasteiger partial charge in [-0.2, -0.15) is 0 Å². The van der Waals surface area contributed by atoms with Crippen molar-refractivity contribution in [1.29, 1.82) is 0 Å². The van der Waals surface area contributed by atoms with E-state index < -0.39 is 0 Å². The number of hydrogen-bond acceptors (Lipinski definition) is 3. The fourth-order valence-corrected chi connectivity index (χ4v) is 2.79. The van der Waals surface area contributed by atoms with Gasteiger partial charge < -0.3 is 16.0 Å². The summed E-state index contributed by atoms with van der Waals surface area (Å²) in [6.07, 6.45) is 5.58.